The maximum atomic E-state index is 12.6. The van der Waals surface area contributed by atoms with E-state index in [1.165, 1.54) is 0 Å². The standard InChI is InChI=1S/C28H31N5O3/c1-3-33(4-2)20-13-14-23-25(17-20)36-26-18-24(21-11-7-8-12-22(21)27(26)31-23)32-28(35)30-16-10-6-5-9-15-29-19-34/h7-8,11-14,17-18H,3-6,9-10,15-16H2,1-2H3,(H,30,35)/p+1. The van der Waals surface area contributed by atoms with Crippen molar-refractivity contribution < 1.29 is 14.0 Å². The van der Waals surface area contributed by atoms with E-state index in [4.69, 9.17) is 9.40 Å². The Balaban J connectivity index is 1.58. The quantitative estimate of drug-likeness (QED) is 0.0830. The minimum absolute atomic E-state index is 0.261. The molecule has 0 atom stereocenters. The van der Waals surface area contributed by atoms with E-state index < -0.39 is 0 Å². The molecule has 2 N–H and O–H groups in total. The van der Waals surface area contributed by atoms with Crippen LogP contribution in [-0.2, 0) is 4.79 Å². The van der Waals surface area contributed by atoms with Crippen molar-refractivity contribution in [3.63, 3.8) is 0 Å². The molecular weight excluding hydrogens is 454 g/mol. The molecule has 8 heteroatoms. The van der Waals surface area contributed by atoms with Crippen LogP contribution >= 0.6 is 0 Å². The third-order valence-corrected chi connectivity index (χ3v) is 6.30. The molecule has 186 valence electrons. The number of hydrogen-bond acceptors (Lipinski definition) is 5. The van der Waals surface area contributed by atoms with Crippen LogP contribution in [0.5, 0.6) is 0 Å². The van der Waals surface area contributed by atoms with Gasteiger partial charge in [0.25, 0.3) is 0 Å². The molecule has 0 bridgehead atoms. The molecule has 1 aliphatic carbocycles. The van der Waals surface area contributed by atoms with Crippen LogP contribution in [0.2, 0.25) is 0 Å². The van der Waals surface area contributed by atoms with Gasteiger partial charge in [-0.25, -0.2) is 24.1 Å². The van der Waals surface area contributed by atoms with Gasteiger partial charge in [-0.15, -0.1) is 0 Å². The third-order valence-electron chi connectivity index (χ3n) is 6.30. The number of carbonyl (C=O) groups is 1. The molecule has 36 heavy (non-hydrogen) atoms. The number of nitrogens with one attached hydrogen (secondary N) is 2. The highest BCUT2D eigenvalue weighted by atomic mass is 16.3. The summed E-state index contributed by atoms with van der Waals surface area (Å²) in [6.45, 7) is 7.15. The fourth-order valence-corrected chi connectivity index (χ4v) is 4.42. The van der Waals surface area contributed by atoms with E-state index in [1.807, 2.05) is 42.5 Å². The van der Waals surface area contributed by atoms with Gasteiger partial charge in [0.15, 0.2) is 11.3 Å². The minimum Gasteiger partial charge on any atom is -0.452 e. The molecule has 0 unspecified atom stereocenters. The molecule has 0 radical (unpaired) electrons. The summed E-state index contributed by atoms with van der Waals surface area (Å²) in [5.74, 6) is 0.705. The Morgan fingerprint density at radius 1 is 1.03 bits per heavy atom. The number of aromatic nitrogens is 1. The average Bonchev–Trinajstić information content (AvgIpc) is 2.90. The largest absolute Gasteiger partial charge is 0.452 e. The van der Waals surface area contributed by atoms with Crippen LogP contribution < -0.4 is 20.6 Å². The fourth-order valence-electron chi connectivity index (χ4n) is 4.42. The molecular formula is C28H32N5O3+. The van der Waals surface area contributed by atoms with Gasteiger partial charge in [0.2, 0.25) is 11.4 Å². The normalized spacial score (nSPS) is 10.9. The second-order valence-electron chi connectivity index (χ2n) is 8.62. The van der Waals surface area contributed by atoms with E-state index in [1.54, 1.807) is 6.08 Å². The van der Waals surface area contributed by atoms with Crippen molar-refractivity contribution in [1.82, 2.24) is 14.9 Å². The molecule has 0 aromatic heterocycles. The molecule has 4 rings (SSSR count). The van der Waals surface area contributed by atoms with E-state index in [2.05, 4.69) is 40.1 Å². The number of hydrogen-bond donors (Lipinski definition) is 2. The highest BCUT2D eigenvalue weighted by molar-refractivity contribution is 6.12. The highest BCUT2D eigenvalue weighted by Crippen LogP contribution is 2.34. The first kappa shape index (κ1) is 25.1. The summed E-state index contributed by atoms with van der Waals surface area (Å²) in [6.07, 6.45) is 5.18. The first-order chi connectivity index (χ1) is 17.6. The number of aliphatic imine (C=N–C) groups is 1. The monoisotopic (exact) mass is 486 g/mol. The van der Waals surface area contributed by atoms with E-state index in [0.717, 1.165) is 66.1 Å². The first-order valence-electron chi connectivity index (χ1n) is 12.6. The van der Waals surface area contributed by atoms with E-state index >= 15 is 0 Å². The molecule has 2 amide bonds. The minimum atomic E-state index is -0.261. The van der Waals surface area contributed by atoms with Crippen molar-refractivity contribution in [3.8, 4) is 11.5 Å². The van der Waals surface area contributed by atoms with Gasteiger partial charge in [-0.05, 0) is 32.8 Å². The van der Waals surface area contributed by atoms with Crippen molar-refractivity contribution in [2.24, 2.45) is 4.99 Å². The van der Waals surface area contributed by atoms with Crippen molar-refractivity contribution in [1.29, 1.82) is 0 Å². The highest BCUT2D eigenvalue weighted by Gasteiger charge is 2.16. The van der Waals surface area contributed by atoms with Crippen LogP contribution in [-0.4, -0.2) is 43.3 Å². The SMILES string of the molecule is CC[N+](CC)=c1ccc2nc3c(cc(NC(=O)NCCCCCCN=C=O)c4ccccc43)oc-2c1. The molecule has 2 aliphatic rings. The summed E-state index contributed by atoms with van der Waals surface area (Å²) in [6, 6.07) is 15.6. The van der Waals surface area contributed by atoms with Crippen LogP contribution in [0.15, 0.2) is 57.9 Å². The number of amides is 2. The lowest BCUT2D eigenvalue weighted by atomic mass is 10.1. The Labute approximate surface area is 210 Å². The molecule has 0 spiro atoms. The van der Waals surface area contributed by atoms with Crippen LogP contribution in [0.25, 0.3) is 33.3 Å². The topological polar surface area (TPSA) is 99.6 Å². The summed E-state index contributed by atoms with van der Waals surface area (Å²) in [5.41, 5.74) is 2.84. The Kier molecular flexibility index (Phi) is 8.42. The van der Waals surface area contributed by atoms with Crippen LogP contribution in [0.3, 0.4) is 0 Å². The fraction of sp³-hybridized carbons (Fsp3) is 0.357. The number of benzene rings is 3. The van der Waals surface area contributed by atoms with Crippen LogP contribution in [0.4, 0.5) is 10.5 Å². The Morgan fingerprint density at radius 2 is 1.81 bits per heavy atom. The molecule has 0 saturated carbocycles. The van der Waals surface area contributed by atoms with Crippen molar-refractivity contribution in [2.45, 2.75) is 39.5 Å². The summed E-state index contributed by atoms with van der Waals surface area (Å²) in [7, 11) is 0. The summed E-state index contributed by atoms with van der Waals surface area (Å²) in [5, 5.41) is 8.82. The number of fused-ring (bicyclic) bond motifs is 4. The Morgan fingerprint density at radius 3 is 2.58 bits per heavy atom. The maximum Gasteiger partial charge on any atom is 0.319 e. The first-order valence-corrected chi connectivity index (χ1v) is 12.6. The zero-order valence-electron chi connectivity index (χ0n) is 20.8. The second kappa shape index (κ2) is 12.1. The predicted octanol–water partition coefficient (Wildman–Crippen LogP) is 4.92. The van der Waals surface area contributed by atoms with Crippen LogP contribution in [0.1, 0.15) is 39.5 Å². The summed E-state index contributed by atoms with van der Waals surface area (Å²) in [4.78, 5) is 31.2. The van der Waals surface area contributed by atoms with E-state index in [0.29, 0.717) is 30.1 Å². The maximum absolute atomic E-state index is 12.6. The number of nitrogens with zero attached hydrogens (tertiary/aromatic N) is 3. The molecule has 1 aliphatic heterocycles. The van der Waals surface area contributed by atoms with Gasteiger partial charge < -0.3 is 15.1 Å². The number of carbonyl (C=O) groups excluding carboxylic acids is 2. The molecule has 1 heterocycles. The average molecular weight is 487 g/mol. The smallest absolute Gasteiger partial charge is 0.319 e. The van der Waals surface area contributed by atoms with Crippen LogP contribution in [0, 0.1) is 0 Å². The molecule has 8 nitrogen and oxygen atoms in total. The van der Waals surface area contributed by atoms with Gasteiger partial charge in [-0.2, -0.15) is 0 Å². The zero-order chi connectivity index (χ0) is 25.3. The van der Waals surface area contributed by atoms with E-state index in [-0.39, 0.29) is 6.03 Å². The number of isocyanates is 1. The molecule has 0 fully saturated rings. The number of unbranched alkanes of at least 4 members (excludes halogenated alkanes) is 3. The number of rotatable bonds is 10. The zero-order valence-corrected chi connectivity index (χ0v) is 20.8. The number of anilines is 1. The van der Waals surface area contributed by atoms with Crippen molar-refractivity contribution in [3.05, 3.63) is 53.9 Å². The second-order valence-corrected chi connectivity index (χ2v) is 8.62. The Hall–Kier alpha value is -4.03. The van der Waals surface area contributed by atoms with Crippen molar-refractivity contribution >= 4 is 39.7 Å². The van der Waals surface area contributed by atoms with Gasteiger partial charge >= 0.3 is 6.03 Å². The van der Waals surface area contributed by atoms with E-state index in [9.17, 15) is 9.59 Å². The van der Waals surface area contributed by atoms with Gasteiger partial charge in [-0.1, -0.05) is 37.1 Å². The van der Waals surface area contributed by atoms with Gasteiger partial charge in [0, 0.05) is 29.4 Å². The summed E-state index contributed by atoms with van der Waals surface area (Å²) >= 11 is 0. The molecule has 2 aromatic rings. The van der Waals surface area contributed by atoms with Gasteiger partial charge in [0.1, 0.15) is 24.3 Å². The summed E-state index contributed by atoms with van der Waals surface area (Å²) < 4.78 is 8.58. The lowest BCUT2D eigenvalue weighted by Crippen LogP contribution is -2.29. The van der Waals surface area contributed by atoms with Crippen molar-refractivity contribution in [2.75, 3.05) is 31.5 Å². The van der Waals surface area contributed by atoms with Gasteiger partial charge in [0.05, 0.1) is 18.3 Å². The predicted molar refractivity (Wildman–Crippen MR) is 143 cm³/mol. The third kappa shape index (κ3) is 5.78. The lowest BCUT2D eigenvalue weighted by molar-refractivity contribution is 0.252. The van der Waals surface area contributed by atoms with Gasteiger partial charge in [-0.3, -0.25) is 0 Å². The molecule has 0 saturated heterocycles. The Bertz CT molecular complexity index is 1450. The lowest BCUT2D eigenvalue weighted by Gasteiger charge is -2.13. The molecule has 2 aromatic carbocycles. The number of urea groups is 1.